The van der Waals surface area contributed by atoms with Crippen LogP contribution in [0.5, 0.6) is 0 Å². The molecule has 2 aliphatic rings. The number of nitrogens with one attached hydrogen (secondary N) is 1. The molecule has 0 bridgehead atoms. The summed E-state index contributed by atoms with van der Waals surface area (Å²) in [5.74, 6) is 0.750. The lowest BCUT2D eigenvalue weighted by Crippen LogP contribution is -2.41. The third kappa shape index (κ3) is 4.07. The van der Waals surface area contributed by atoms with E-state index in [1.165, 1.54) is 4.88 Å². The van der Waals surface area contributed by atoms with Crippen LogP contribution >= 0.6 is 11.3 Å². The van der Waals surface area contributed by atoms with Crippen molar-refractivity contribution in [1.82, 2.24) is 29.5 Å². The van der Waals surface area contributed by atoms with Gasteiger partial charge in [-0.05, 0) is 30.4 Å². The topological polar surface area (TPSA) is 87.1 Å². The Bertz CT molecular complexity index is 1140. The number of aromatic nitrogens is 4. The first kappa shape index (κ1) is 20.1. The lowest BCUT2D eigenvalue weighted by atomic mass is 9.96. The number of rotatable bonds is 4. The lowest BCUT2D eigenvalue weighted by Gasteiger charge is -2.33. The number of carbonyl (C=O) groups is 1. The third-order valence-electron chi connectivity index (χ3n) is 6.26. The van der Waals surface area contributed by atoms with Crippen LogP contribution in [0.15, 0.2) is 34.6 Å². The van der Waals surface area contributed by atoms with E-state index in [1.807, 2.05) is 4.90 Å². The van der Waals surface area contributed by atoms with Crippen molar-refractivity contribution >= 4 is 17.2 Å². The number of aromatic amines is 1. The van der Waals surface area contributed by atoms with E-state index in [2.05, 4.69) is 32.5 Å². The van der Waals surface area contributed by atoms with Crippen molar-refractivity contribution in [3.8, 4) is 0 Å². The molecule has 1 saturated heterocycles. The van der Waals surface area contributed by atoms with Gasteiger partial charge in [0.2, 0.25) is 0 Å². The van der Waals surface area contributed by atoms with Gasteiger partial charge in [-0.2, -0.15) is 5.10 Å². The molecule has 0 saturated carbocycles. The van der Waals surface area contributed by atoms with E-state index in [0.717, 1.165) is 49.4 Å². The molecule has 162 valence electrons. The maximum absolute atomic E-state index is 12.9. The second-order valence-electron chi connectivity index (χ2n) is 8.35. The molecule has 0 aromatic carbocycles. The third-order valence-corrected chi connectivity index (χ3v) is 7.12. The molecule has 1 N–H and O–H groups in total. The summed E-state index contributed by atoms with van der Waals surface area (Å²) in [6.45, 7) is 3.68. The largest absolute Gasteiger partial charge is 0.337 e. The predicted octanol–water partition coefficient (Wildman–Crippen LogP) is 2.14. The van der Waals surface area contributed by atoms with Gasteiger partial charge < -0.3 is 9.88 Å². The van der Waals surface area contributed by atoms with Gasteiger partial charge in [-0.3, -0.25) is 19.2 Å². The zero-order chi connectivity index (χ0) is 21.4. The first-order chi connectivity index (χ1) is 15.1. The van der Waals surface area contributed by atoms with Gasteiger partial charge in [0.1, 0.15) is 11.5 Å². The van der Waals surface area contributed by atoms with Crippen LogP contribution < -0.4 is 5.56 Å². The summed E-state index contributed by atoms with van der Waals surface area (Å²) in [5.41, 5.74) is 2.24. The van der Waals surface area contributed by atoms with Crippen LogP contribution in [0.4, 0.5) is 0 Å². The summed E-state index contributed by atoms with van der Waals surface area (Å²) >= 11 is 1.74. The van der Waals surface area contributed by atoms with Crippen molar-refractivity contribution in [2.45, 2.75) is 38.3 Å². The molecule has 3 aromatic heterocycles. The minimum absolute atomic E-state index is 0.0192. The molecule has 2 aliphatic heterocycles. The first-order valence-electron chi connectivity index (χ1n) is 10.7. The van der Waals surface area contributed by atoms with Gasteiger partial charge in [-0.15, -0.1) is 11.3 Å². The fraction of sp³-hybridized carbons (Fsp3) is 0.455. The van der Waals surface area contributed by atoms with Crippen molar-refractivity contribution < 1.29 is 4.79 Å². The normalized spacial score (nSPS) is 19.4. The fourth-order valence-corrected chi connectivity index (χ4v) is 5.33. The SMILES string of the molecule is Cn1nccc1C(=O)N1CCC[C@@H](c2nc3c(c(=O)[nH]2)CN(Cc2cccs2)CC3)C1. The summed E-state index contributed by atoms with van der Waals surface area (Å²) in [5, 5.41) is 6.19. The summed E-state index contributed by atoms with van der Waals surface area (Å²) in [4.78, 5) is 39.2. The molecule has 5 heterocycles. The van der Waals surface area contributed by atoms with Gasteiger partial charge in [-0.25, -0.2) is 4.98 Å². The minimum Gasteiger partial charge on any atom is -0.337 e. The standard InChI is InChI=1S/C22H26N6O2S/c1-26-19(6-8-23-26)22(30)28-9-2-4-15(12-28)20-24-18-7-10-27(13-16-5-3-11-31-16)14-17(18)21(29)25-20/h3,5-6,8,11,15H,2,4,7,9-10,12-14H2,1H3,(H,24,25,29)/t15-/m1/s1. The molecule has 3 aromatic rings. The quantitative estimate of drug-likeness (QED) is 0.674. The number of nitrogens with zero attached hydrogens (tertiary/aromatic N) is 5. The van der Waals surface area contributed by atoms with Crippen LogP contribution in [0.3, 0.4) is 0 Å². The Kier molecular flexibility index (Phi) is 5.45. The zero-order valence-electron chi connectivity index (χ0n) is 17.6. The lowest BCUT2D eigenvalue weighted by molar-refractivity contribution is 0.0693. The highest BCUT2D eigenvalue weighted by Crippen LogP contribution is 2.26. The Morgan fingerprint density at radius 3 is 3.00 bits per heavy atom. The fourth-order valence-electron chi connectivity index (χ4n) is 4.58. The summed E-state index contributed by atoms with van der Waals surface area (Å²) in [6, 6.07) is 5.94. The summed E-state index contributed by atoms with van der Waals surface area (Å²) in [6.07, 6.45) is 4.23. The maximum Gasteiger partial charge on any atom is 0.272 e. The first-order valence-corrected chi connectivity index (χ1v) is 11.6. The van der Waals surface area contributed by atoms with Crippen LogP contribution in [0.1, 0.15) is 51.2 Å². The maximum atomic E-state index is 12.9. The van der Waals surface area contributed by atoms with Gasteiger partial charge in [-0.1, -0.05) is 6.07 Å². The van der Waals surface area contributed by atoms with E-state index in [0.29, 0.717) is 25.3 Å². The zero-order valence-corrected chi connectivity index (χ0v) is 18.4. The monoisotopic (exact) mass is 438 g/mol. The molecule has 1 atom stereocenters. The molecule has 0 radical (unpaired) electrons. The van der Waals surface area contributed by atoms with E-state index in [1.54, 1.807) is 35.3 Å². The van der Waals surface area contributed by atoms with E-state index in [4.69, 9.17) is 4.98 Å². The number of piperidine rings is 1. The van der Waals surface area contributed by atoms with Gasteiger partial charge >= 0.3 is 0 Å². The summed E-state index contributed by atoms with van der Waals surface area (Å²) in [7, 11) is 1.78. The Balaban J connectivity index is 1.32. The molecule has 31 heavy (non-hydrogen) atoms. The van der Waals surface area contributed by atoms with Crippen LogP contribution in [0, 0.1) is 0 Å². The summed E-state index contributed by atoms with van der Waals surface area (Å²) < 4.78 is 1.60. The Hall–Kier alpha value is -2.78. The Morgan fingerprint density at radius 1 is 1.32 bits per heavy atom. The van der Waals surface area contributed by atoms with Crippen molar-refractivity contribution in [3.05, 3.63) is 67.8 Å². The molecule has 0 aliphatic carbocycles. The molecular formula is C22H26N6O2S. The van der Waals surface area contributed by atoms with E-state index in [9.17, 15) is 9.59 Å². The molecule has 0 spiro atoms. The number of carbonyl (C=O) groups excluding carboxylic acids is 1. The van der Waals surface area contributed by atoms with Gasteiger partial charge in [0.25, 0.3) is 11.5 Å². The number of H-pyrrole nitrogens is 1. The molecule has 1 amide bonds. The highest BCUT2D eigenvalue weighted by molar-refractivity contribution is 7.09. The van der Waals surface area contributed by atoms with E-state index >= 15 is 0 Å². The van der Waals surface area contributed by atoms with E-state index < -0.39 is 0 Å². The number of thiophene rings is 1. The minimum atomic E-state index is -0.0361. The highest BCUT2D eigenvalue weighted by Gasteiger charge is 2.30. The number of hydrogen-bond donors (Lipinski definition) is 1. The second-order valence-corrected chi connectivity index (χ2v) is 9.38. The van der Waals surface area contributed by atoms with Crippen LogP contribution in [-0.4, -0.2) is 55.1 Å². The Labute approximate surface area is 184 Å². The predicted molar refractivity (Wildman–Crippen MR) is 118 cm³/mol. The number of likely N-dealkylation sites (tertiary alicyclic amines) is 1. The molecule has 5 rings (SSSR count). The highest BCUT2D eigenvalue weighted by atomic mass is 32.1. The van der Waals surface area contributed by atoms with Gasteiger partial charge in [0.05, 0.1) is 11.3 Å². The Morgan fingerprint density at radius 2 is 2.23 bits per heavy atom. The number of aryl methyl sites for hydroxylation is 1. The molecule has 8 nitrogen and oxygen atoms in total. The molecule has 1 fully saturated rings. The van der Waals surface area contributed by atoms with Crippen LogP contribution in [0.2, 0.25) is 0 Å². The van der Waals surface area contributed by atoms with Crippen molar-refractivity contribution in [2.75, 3.05) is 19.6 Å². The number of fused-ring (bicyclic) bond motifs is 1. The van der Waals surface area contributed by atoms with Crippen molar-refractivity contribution in [2.24, 2.45) is 7.05 Å². The molecule has 0 unspecified atom stereocenters. The molecular weight excluding hydrogens is 412 g/mol. The number of amides is 1. The van der Waals surface area contributed by atoms with Crippen molar-refractivity contribution in [1.29, 1.82) is 0 Å². The van der Waals surface area contributed by atoms with Gasteiger partial charge in [0, 0.05) is 63.2 Å². The second kappa shape index (κ2) is 8.39. The van der Waals surface area contributed by atoms with Crippen molar-refractivity contribution in [3.63, 3.8) is 0 Å². The average molecular weight is 439 g/mol. The average Bonchev–Trinajstić information content (AvgIpc) is 3.45. The van der Waals surface area contributed by atoms with Crippen LogP contribution in [-0.2, 0) is 26.6 Å². The van der Waals surface area contributed by atoms with E-state index in [-0.39, 0.29) is 17.4 Å². The smallest absolute Gasteiger partial charge is 0.272 e. The van der Waals surface area contributed by atoms with Crippen LogP contribution in [0.25, 0.3) is 0 Å². The number of hydrogen-bond acceptors (Lipinski definition) is 6. The van der Waals surface area contributed by atoms with Gasteiger partial charge in [0.15, 0.2) is 0 Å². The molecule has 9 heteroatoms.